The summed E-state index contributed by atoms with van der Waals surface area (Å²) in [5.74, 6) is 0. The Hall–Kier alpha value is -1.56. The number of nitrogens with one attached hydrogen (secondary N) is 1. The first-order valence-electron chi connectivity index (χ1n) is 7.11. The van der Waals surface area contributed by atoms with Gasteiger partial charge in [0.25, 0.3) is 0 Å². The van der Waals surface area contributed by atoms with Crippen molar-refractivity contribution in [2.45, 2.75) is 13.0 Å². The summed E-state index contributed by atoms with van der Waals surface area (Å²) >= 11 is 7.81. The number of ether oxygens (including phenoxy) is 1. The topological polar surface area (TPSA) is 41.6 Å². The highest BCUT2D eigenvalue weighted by Gasteiger charge is 2.26. The first-order valence-corrected chi connectivity index (χ1v) is 8.37. The molecule has 0 aliphatic carbocycles. The van der Waals surface area contributed by atoms with Gasteiger partial charge < -0.3 is 15.0 Å². The summed E-state index contributed by atoms with van der Waals surface area (Å²) in [7, 11) is 0. The standard InChI is InChI=1S/C16H17ClN2O2S/c1-11-4-2-5-12(17)15(11)18-16(20)19-7-8-21-13(10-19)14-6-3-9-22-14/h2-6,9,13H,7-8,10H2,1H3,(H,18,20). The molecule has 1 unspecified atom stereocenters. The number of hydrogen-bond donors (Lipinski definition) is 1. The van der Waals surface area contributed by atoms with E-state index in [1.165, 1.54) is 0 Å². The van der Waals surface area contributed by atoms with Gasteiger partial charge in [-0.1, -0.05) is 29.8 Å². The molecule has 1 saturated heterocycles. The predicted octanol–water partition coefficient (Wildman–Crippen LogP) is 4.32. The summed E-state index contributed by atoms with van der Waals surface area (Å²) in [5, 5.41) is 5.49. The van der Waals surface area contributed by atoms with Gasteiger partial charge in [0.05, 0.1) is 23.9 Å². The van der Waals surface area contributed by atoms with Crippen LogP contribution in [-0.4, -0.2) is 30.6 Å². The van der Waals surface area contributed by atoms with E-state index in [0.717, 1.165) is 10.4 Å². The number of halogens is 1. The number of para-hydroxylation sites is 1. The van der Waals surface area contributed by atoms with Gasteiger partial charge in [-0.15, -0.1) is 11.3 Å². The molecule has 1 aliphatic heterocycles. The Labute approximate surface area is 138 Å². The predicted molar refractivity (Wildman–Crippen MR) is 89.8 cm³/mol. The Kier molecular flexibility index (Phi) is 4.66. The van der Waals surface area contributed by atoms with Gasteiger partial charge in [-0.25, -0.2) is 4.79 Å². The van der Waals surface area contributed by atoms with E-state index in [1.54, 1.807) is 22.3 Å². The van der Waals surface area contributed by atoms with Crippen molar-refractivity contribution in [3.63, 3.8) is 0 Å². The molecule has 0 bridgehead atoms. The van der Waals surface area contributed by atoms with Crippen molar-refractivity contribution >= 4 is 34.7 Å². The zero-order valence-electron chi connectivity index (χ0n) is 12.2. The molecular weight excluding hydrogens is 320 g/mol. The summed E-state index contributed by atoms with van der Waals surface area (Å²) in [6.07, 6.45) is -0.0492. The molecule has 0 radical (unpaired) electrons. The van der Waals surface area contributed by atoms with Crippen LogP contribution >= 0.6 is 22.9 Å². The average molecular weight is 337 g/mol. The molecule has 0 spiro atoms. The second kappa shape index (κ2) is 6.69. The molecular formula is C16H17ClN2O2S. The number of anilines is 1. The highest BCUT2D eigenvalue weighted by atomic mass is 35.5. The molecule has 1 N–H and O–H groups in total. The fourth-order valence-corrected chi connectivity index (χ4v) is 3.49. The molecule has 1 aromatic carbocycles. The minimum Gasteiger partial charge on any atom is -0.369 e. The summed E-state index contributed by atoms with van der Waals surface area (Å²) < 4.78 is 5.76. The number of morpholine rings is 1. The highest BCUT2D eigenvalue weighted by molar-refractivity contribution is 7.10. The molecule has 22 heavy (non-hydrogen) atoms. The van der Waals surface area contributed by atoms with E-state index < -0.39 is 0 Å². The van der Waals surface area contributed by atoms with Crippen LogP contribution in [0.25, 0.3) is 0 Å². The van der Waals surface area contributed by atoms with Crippen molar-refractivity contribution in [3.05, 3.63) is 51.2 Å². The van der Waals surface area contributed by atoms with Gasteiger partial charge in [0.1, 0.15) is 6.10 Å². The average Bonchev–Trinajstić information content (AvgIpc) is 3.05. The lowest BCUT2D eigenvalue weighted by atomic mass is 10.2. The molecule has 116 valence electrons. The Morgan fingerprint density at radius 2 is 2.27 bits per heavy atom. The number of carbonyl (C=O) groups is 1. The minimum atomic E-state index is -0.138. The third-order valence-corrected chi connectivity index (χ3v) is 4.95. The first kappa shape index (κ1) is 15.3. The number of nitrogens with zero attached hydrogens (tertiary/aromatic N) is 1. The summed E-state index contributed by atoms with van der Waals surface area (Å²) in [4.78, 5) is 15.4. The number of carbonyl (C=O) groups excluding carboxylic acids is 1. The van der Waals surface area contributed by atoms with Crippen LogP contribution < -0.4 is 5.32 Å². The third-order valence-electron chi connectivity index (χ3n) is 3.67. The molecule has 1 aliphatic rings. The van der Waals surface area contributed by atoms with Crippen LogP contribution in [0.3, 0.4) is 0 Å². The van der Waals surface area contributed by atoms with Gasteiger partial charge in [-0.3, -0.25) is 0 Å². The van der Waals surface area contributed by atoms with Crippen molar-refractivity contribution in [2.24, 2.45) is 0 Å². The van der Waals surface area contributed by atoms with Crippen molar-refractivity contribution < 1.29 is 9.53 Å². The van der Waals surface area contributed by atoms with Crippen LogP contribution in [0, 0.1) is 6.92 Å². The molecule has 6 heteroatoms. The lowest BCUT2D eigenvalue weighted by Crippen LogP contribution is -2.44. The number of urea groups is 1. The summed E-state index contributed by atoms with van der Waals surface area (Å²) in [5.41, 5.74) is 1.62. The van der Waals surface area contributed by atoms with Crippen molar-refractivity contribution in [2.75, 3.05) is 25.0 Å². The number of aryl methyl sites for hydroxylation is 1. The fraction of sp³-hybridized carbons (Fsp3) is 0.312. The second-order valence-corrected chi connectivity index (χ2v) is 6.57. The normalized spacial score (nSPS) is 18.3. The largest absolute Gasteiger partial charge is 0.369 e. The zero-order chi connectivity index (χ0) is 15.5. The van der Waals surface area contributed by atoms with Gasteiger partial charge >= 0.3 is 6.03 Å². The van der Waals surface area contributed by atoms with Crippen LogP contribution in [0.2, 0.25) is 5.02 Å². The van der Waals surface area contributed by atoms with E-state index >= 15 is 0 Å². The van der Waals surface area contributed by atoms with E-state index in [-0.39, 0.29) is 12.1 Å². The smallest absolute Gasteiger partial charge is 0.322 e. The number of amides is 2. The maximum Gasteiger partial charge on any atom is 0.322 e. The van der Waals surface area contributed by atoms with E-state index in [4.69, 9.17) is 16.3 Å². The molecule has 1 aromatic heterocycles. The monoisotopic (exact) mass is 336 g/mol. The SMILES string of the molecule is Cc1cccc(Cl)c1NC(=O)N1CCOC(c2cccs2)C1. The molecule has 3 rings (SSSR count). The van der Waals surface area contributed by atoms with E-state index in [0.29, 0.717) is 30.4 Å². The van der Waals surface area contributed by atoms with Crippen molar-refractivity contribution in [3.8, 4) is 0 Å². The number of benzene rings is 1. The van der Waals surface area contributed by atoms with Gasteiger partial charge in [0.2, 0.25) is 0 Å². The third kappa shape index (κ3) is 3.27. The Balaban J connectivity index is 1.70. The molecule has 1 atom stereocenters. The molecule has 2 aromatic rings. The van der Waals surface area contributed by atoms with E-state index in [9.17, 15) is 4.79 Å². The van der Waals surface area contributed by atoms with Crippen molar-refractivity contribution in [1.82, 2.24) is 4.90 Å². The lowest BCUT2D eigenvalue weighted by molar-refractivity contribution is -0.0115. The van der Waals surface area contributed by atoms with E-state index in [2.05, 4.69) is 5.32 Å². The molecule has 4 nitrogen and oxygen atoms in total. The lowest BCUT2D eigenvalue weighted by Gasteiger charge is -2.32. The van der Waals surface area contributed by atoms with Crippen LogP contribution in [0.1, 0.15) is 16.5 Å². The molecule has 2 heterocycles. The van der Waals surface area contributed by atoms with Crippen LogP contribution in [0.15, 0.2) is 35.7 Å². The fourth-order valence-electron chi connectivity index (χ4n) is 2.46. The number of hydrogen-bond acceptors (Lipinski definition) is 3. The summed E-state index contributed by atoms with van der Waals surface area (Å²) in [6, 6.07) is 9.47. The van der Waals surface area contributed by atoms with Crippen LogP contribution in [-0.2, 0) is 4.74 Å². The summed E-state index contributed by atoms with van der Waals surface area (Å²) in [6.45, 7) is 3.60. The molecule has 2 amide bonds. The van der Waals surface area contributed by atoms with Gasteiger partial charge in [-0.2, -0.15) is 0 Å². The second-order valence-electron chi connectivity index (χ2n) is 5.18. The zero-order valence-corrected chi connectivity index (χ0v) is 13.8. The number of rotatable bonds is 2. The Bertz CT molecular complexity index is 640. The molecule has 1 fully saturated rings. The van der Waals surface area contributed by atoms with Gasteiger partial charge in [-0.05, 0) is 30.0 Å². The van der Waals surface area contributed by atoms with E-state index in [1.807, 2.05) is 36.6 Å². The first-order chi connectivity index (χ1) is 10.6. The van der Waals surface area contributed by atoms with Gasteiger partial charge in [0, 0.05) is 11.4 Å². The maximum absolute atomic E-state index is 12.5. The van der Waals surface area contributed by atoms with Crippen LogP contribution in [0.5, 0.6) is 0 Å². The number of thiophene rings is 1. The maximum atomic E-state index is 12.5. The quantitative estimate of drug-likeness (QED) is 0.887. The molecule has 0 saturated carbocycles. The Morgan fingerprint density at radius 1 is 1.41 bits per heavy atom. The van der Waals surface area contributed by atoms with Crippen molar-refractivity contribution in [1.29, 1.82) is 0 Å². The Morgan fingerprint density at radius 3 is 3.00 bits per heavy atom. The van der Waals surface area contributed by atoms with Crippen LogP contribution in [0.4, 0.5) is 10.5 Å². The minimum absolute atomic E-state index is 0.0492. The highest BCUT2D eigenvalue weighted by Crippen LogP contribution is 2.28. The van der Waals surface area contributed by atoms with Gasteiger partial charge in [0.15, 0.2) is 0 Å².